The molecule has 0 bridgehead atoms. The van der Waals surface area contributed by atoms with Gasteiger partial charge in [0.05, 0.1) is 6.20 Å². The molecule has 0 amide bonds. The molecule has 1 N–H and O–H groups in total. The highest BCUT2D eigenvalue weighted by atomic mass is 28.3. The van der Waals surface area contributed by atoms with E-state index in [2.05, 4.69) is 45.1 Å². The molecule has 3 aromatic rings. The highest BCUT2D eigenvalue weighted by Gasteiger charge is 2.13. The number of fused-ring (bicyclic) bond motifs is 3. The Morgan fingerprint density at radius 2 is 2.10 bits per heavy atom. The number of nitrogens with zero attached hydrogens (tertiary/aromatic N) is 5. The summed E-state index contributed by atoms with van der Waals surface area (Å²) in [6.45, 7) is 8.19. The lowest BCUT2D eigenvalue weighted by Crippen LogP contribution is -2.22. The Labute approximate surface area is 117 Å². The van der Waals surface area contributed by atoms with Gasteiger partial charge in [-0.2, -0.15) is 10.2 Å². The van der Waals surface area contributed by atoms with E-state index in [4.69, 9.17) is 4.74 Å². The number of pyridine rings is 1. The van der Waals surface area contributed by atoms with Crippen LogP contribution in [-0.2, 0) is 11.5 Å². The molecule has 0 aromatic carbocycles. The summed E-state index contributed by atoms with van der Waals surface area (Å²) in [5.41, 5.74) is 2.24. The van der Waals surface area contributed by atoms with Crippen molar-refractivity contribution in [3.63, 3.8) is 0 Å². The molecule has 0 atom stereocenters. The van der Waals surface area contributed by atoms with Crippen LogP contribution in [0.2, 0.25) is 25.7 Å². The summed E-state index contributed by atoms with van der Waals surface area (Å²) in [5.74, 6) is 0. The lowest BCUT2D eigenvalue weighted by atomic mass is 10.3. The maximum absolute atomic E-state index is 5.71. The molecule has 0 spiro atoms. The minimum atomic E-state index is -1.05. The summed E-state index contributed by atoms with van der Waals surface area (Å²) < 4.78 is 7.49. The molecule has 0 aliphatic rings. The molecule has 0 aliphatic heterocycles. The van der Waals surface area contributed by atoms with Gasteiger partial charge in [-0.05, 0) is 6.04 Å². The number of H-pyrrole nitrogens is 1. The topological polar surface area (TPSA) is 81.5 Å². The number of nitrogens with one attached hydrogen (secondary N) is 1. The Morgan fingerprint density at radius 1 is 1.25 bits per heavy atom. The van der Waals surface area contributed by atoms with E-state index in [-0.39, 0.29) is 0 Å². The van der Waals surface area contributed by atoms with Crippen LogP contribution in [0.5, 0.6) is 0 Å². The number of hydrogen-bond acceptors (Lipinski definition) is 5. The molecule has 0 aliphatic carbocycles. The van der Waals surface area contributed by atoms with Gasteiger partial charge in [-0.15, -0.1) is 5.10 Å². The molecule has 3 aromatic heterocycles. The zero-order valence-corrected chi connectivity index (χ0v) is 12.9. The first-order valence-corrected chi connectivity index (χ1v) is 10.3. The van der Waals surface area contributed by atoms with Gasteiger partial charge in [-0.25, -0.2) is 14.9 Å². The monoisotopic (exact) mass is 290 g/mol. The smallest absolute Gasteiger partial charge is 0.181 e. The highest BCUT2D eigenvalue weighted by Crippen LogP contribution is 2.18. The molecule has 8 heteroatoms. The number of rotatable bonds is 5. The first kappa shape index (κ1) is 13.2. The lowest BCUT2D eigenvalue weighted by molar-refractivity contribution is 0.0799. The van der Waals surface area contributed by atoms with Gasteiger partial charge in [-0.1, -0.05) is 19.6 Å². The summed E-state index contributed by atoms with van der Waals surface area (Å²) in [6, 6.07) is 1.14. The molecular weight excluding hydrogens is 272 g/mol. The second kappa shape index (κ2) is 4.95. The zero-order valence-electron chi connectivity index (χ0n) is 11.9. The summed E-state index contributed by atoms with van der Waals surface area (Å²) in [5, 5.41) is 16.0. The van der Waals surface area contributed by atoms with E-state index in [1.54, 1.807) is 17.1 Å². The van der Waals surface area contributed by atoms with Crippen LogP contribution in [0.25, 0.3) is 22.1 Å². The Balaban J connectivity index is 1.76. The van der Waals surface area contributed by atoms with Crippen molar-refractivity contribution in [3.8, 4) is 0 Å². The Kier molecular flexibility index (Phi) is 3.26. The SMILES string of the molecule is C[Si](C)(C)CCOCn1[nH]nc2c3nncc3cnc21. The van der Waals surface area contributed by atoms with Crippen molar-refractivity contribution < 1.29 is 4.74 Å². The van der Waals surface area contributed by atoms with Crippen molar-refractivity contribution in [3.05, 3.63) is 12.4 Å². The molecule has 0 saturated heterocycles. The highest BCUT2D eigenvalue weighted by molar-refractivity contribution is 6.76. The second-order valence-electron chi connectivity index (χ2n) is 6.07. The number of aromatic nitrogens is 6. The molecule has 0 unspecified atom stereocenters. The molecule has 0 radical (unpaired) electrons. The van der Waals surface area contributed by atoms with Crippen molar-refractivity contribution in [2.45, 2.75) is 32.4 Å². The largest absolute Gasteiger partial charge is 0.359 e. The van der Waals surface area contributed by atoms with Gasteiger partial charge in [0.25, 0.3) is 0 Å². The lowest BCUT2D eigenvalue weighted by Gasteiger charge is -2.15. The average molecular weight is 290 g/mol. The van der Waals surface area contributed by atoms with Crippen molar-refractivity contribution >= 4 is 30.1 Å². The Hall–Kier alpha value is -1.80. The van der Waals surface area contributed by atoms with Crippen LogP contribution in [0.1, 0.15) is 0 Å². The van der Waals surface area contributed by atoms with E-state index < -0.39 is 8.07 Å². The van der Waals surface area contributed by atoms with Gasteiger partial charge in [-0.3, -0.25) is 0 Å². The normalized spacial score (nSPS) is 12.6. The van der Waals surface area contributed by atoms with Crippen LogP contribution in [0, 0.1) is 0 Å². The van der Waals surface area contributed by atoms with Crippen LogP contribution in [0.15, 0.2) is 12.4 Å². The summed E-state index contributed by atoms with van der Waals surface area (Å²) in [6.07, 6.45) is 3.44. The zero-order chi connectivity index (χ0) is 14.2. The molecule has 3 rings (SSSR count). The summed E-state index contributed by atoms with van der Waals surface area (Å²) in [4.78, 5) is 4.39. The molecule has 0 fully saturated rings. The van der Waals surface area contributed by atoms with Crippen molar-refractivity contribution in [2.75, 3.05) is 6.61 Å². The van der Waals surface area contributed by atoms with Gasteiger partial charge in [0.2, 0.25) is 0 Å². The standard InChI is InChI=1S/C12H18N6OSi/c1-20(2,3)5-4-19-8-18-12-11(16-17-18)10-9(6-13-12)7-14-15-10/h6-7,17H,4-5,8H2,1-3H3. The van der Waals surface area contributed by atoms with Crippen molar-refractivity contribution in [1.82, 2.24) is 30.2 Å². The van der Waals surface area contributed by atoms with Crippen LogP contribution in [-0.4, -0.2) is 44.9 Å². The van der Waals surface area contributed by atoms with Crippen molar-refractivity contribution in [1.29, 1.82) is 0 Å². The van der Waals surface area contributed by atoms with Gasteiger partial charge in [0.15, 0.2) is 11.2 Å². The summed E-state index contributed by atoms with van der Waals surface area (Å²) in [7, 11) is -1.05. The minimum Gasteiger partial charge on any atom is -0.359 e. The van der Waals surface area contributed by atoms with E-state index in [0.717, 1.165) is 34.7 Å². The number of aromatic amines is 1. The fourth-order valence-electron chi connectivity index (χ4n) is 1.93. The quantitative estimate of drug-likeness (QED) is 0.574. The van der Waals surface area contributed by atoms with Crippen LogP contribution in [0.4, 0.5) is 0 Å². The average Bonchev–Trinajstić information content (AvgIpc) is 2.99. The number of hydrogen-bond donors (Lipinski definition) is 1. The molecule has 20 heavy (non-hydrogen) atoms. The van der Waals surface area contributed by atoms with Gasteiger partial charge >= 0.3 is 0 Å². The first-order chi connectivity index (χ1) is 9.54. The Bertz CT molecular complexity index is 728. The van der Waals surface area contributed by atoms with E-state index in [9.17, 15) is 0 Å². The number of ether oxygens (including phenoxy) is 1. The predicted octanol–water partition coefficient (Wildman–Crippen LogP) is 2.01. The van der Waals surface area contributed by atoms with E-state index in [1.807, 2.05) is 0 Å². The molecule has 7 nitrogen and oxygen atoms in total. The third-order valence-corrected chi connectivity index (χ3v) is 4.85. The van der Waals surface area contributed by atoms with E-state index in [0.29, 0.717) is 6.73 Å². The molecular formula is C12H18N6OSi. The second-order valence-corrected chi connectivity index (χ2v) is 11.7. The predicted molar refractivity (Wildman–Crippen MR) is 79.1 cm³/mol. The van der Waals surface area contributed by atoms with E-state index >= 15 is 0 Å². The minimum absolute atomic E-state index is 0.424. The fourth-order valence-corrected chi connectivity index (χ4v) is 2.68. The van der Waals surface area contributed by atoms with Crippen LogP contribution < -0.4 is 0 Å². The molecule has 106 valence electrons. The van der Waals surface area contributed by atoms with Crippen LogP contribution >= 0.6 is 0 Å². The third-order valence-electron chi connectivity index (χ3n) is 3.14. The van der Waals surface area contributed by atoms with Gasteiger partial charge in [0, 0.05) is 26.3 Å². The van der Waals surface area contributed by atoms with Gasteiger partial charge in [0.1, 0.15) is 12.2 Å². The first-order valence-electron chi connectivity index (χ1n) is 6.63. The van der Waals surface area contributed by atoms with Crippen LogP contribution in [0.3, 0.4) is 0 Å². The van der Waals surface area contributed by atoms with Gasteiger partial charge < -0.3 is 4.74 Å². The van der Waals surface area contributed by atoms with E-state index in [1.165, 1.54) is 0 Å². The maximum atomic E-state index is 5.71. The third kappa shape index (κ3) is 2.56. The molecule has 3 heterocycles. The maximum Gasteiger partial charge on any atom is 0.181 e. The fraction of sp³-hybridized carbons (Fsp3) is 0.500. The summed E-state index contributed by atoms with van der Waals surface area (Å²) >= 11 is 0. The van der Waals surface area contributed by atoms with Crippen molar-refractivity contribution in [2.24, 2.45) is 0 Å². The molecule has 0 saturated carbocycles. The Morgan fingerprint density at radius 3 is 2.90 bits per heavy atom.